The van der Waals surface area contributed by atoms with Crippen LogP contribution in [-0.4, -0.2) is 19.3 Å². The summed E-state index contributed by atoms with van der Waals surface area (Å²) < 4.78 is 53.2. The number of carbonyl (C=O) groups excluding carboxylic acids is 1. The zero-order valence-electron chi connectivity index (χ0n) is 13.8. The highest BCUT2D eigenvalue weighted by Crippen LogP contribution is 2.34. The van der Waals surface area contributed by atoms with Crippen molar-refractivity contribution >= 4 is 5.91 Å². The molecular formula is C18H16F3NO4. The third kappa shape index (κ3) is 4.19. The molecule has 0 radical (unpaired) electrons. The number of carbonyl (C=O) groups is 1. The van der Waals surface area contributed by atoms with Crippen LogP contribution in [0.25, 0.3) is 0 Å². The molecule has 26 heavy (non-hydrogen) atoms. The smallest absolute Gasteiger partial charge is 0.416 e. The van der Waals surface area contributed by atoms with Crippen molar-refractivity contribution in [2.75, 3.05) is 13.4 Å². The number of ether oxygens (including phenoxy) is 3. The van der Waals surface area contributed by atoms with E-state index in [0.29, 0.717) is 11.5 Å². The van der Waals surface area contributed by atoms with Crippen molar-refractivity contribution in [2.45, 2.75) is 19.1 Å². The van der Waals surface area contributed by atoms with Crippen molar-refractivity contribution in [1.82, 2.24) is 5.32 Å². The standard InChI is InChI=1S/C18H16F3NO4/c1-11(12-2-7-15-16(8-12)26-10-25-15)22-17(23)9-24-14-5-3-13(4-6-14)18(19,20)21/h2-8,11H,9-10H2,1H3,(H,22,23)/t11-/m1/s1. The van der Waals surface area contributed by atoms with Crippen LogP contribution < -0.4 is 19.5 Å². The number of hydrogen-bond acceptors (Lipinski definition) is 4. The van der Waals surface area contributed by atoms with Gasteiger partial charge in [-0.2, -0.15) is 13.2 Å². The second-order valence-corrected chi connectivity index (χ2v) is 5.71. The first-order chi connectivity index (χ1) is 12.3. The molecule has 2 aromatic carbocycles. The van der Waals surface area contributed by atoms with Gasteiger partial charge in [0.2, 0.25) is 6.79 Å². The number of fused-ring (bicyclic) bond motifs is 1. The van der Waals surface area contributed by atoms with Gasteiger partial charge in [0.1, 0.15) is 5.75 Å². The van der Waals surface area contributed by atoms with E-state index in [2.05, 4.69) is 5.32 Å². The third-order valence-corrected chi connectivity index (χ3v) is 3.83. The minimum absolute atomic E-state index is 0.167. The van der Waals surface area contributed by atoms with Gasteiger partial charge < -0.3 is 19.5 Å². The van der Waals surface area contributed by atoms with Crippen LogP contribution in [0, 0.1) is 0 Å². The van der Waals surface area contributed by atoms with Gasteiger partial charge in [0.25, 0.3) is 5.91 Å². The van der Waals surface area contributed by atoms with Crippen molar-refractivity contribution in [2.24, 2.45) is 0 Å². The lowest BCUT2D eigenvalue weighted by molar-refractivity contribution is -0.137. The lowest BCUT2D eigenvalue weighted by Gasteiger charge is -2.15. The average Bonchev–Trinajstić information content (AvgIpc) is 3.07. The maximum Gasteiger partial charge on any atom is 0.416 e. The predicted octanol–water partition coefficient (Wildman–Crippen LogP) is 3.69. The van der Waals surface area contributed by atoms with Crippen LogP contribution in [0.4, 0.5) is 13.2 Å². The summed E-state index contributed by atoms with van der Waals surface area (Å²) in [6.07, 6.45) is -4.41. The van der Waals surface area contributed by atoms with Crippen molar-refractivity contribution in [3.8, 4) is 17.2 Å². The highest BCUT2D eigenvalue weighted by molar-refractivity contribution is 5.78. The predicted molar refractivity (Wildman–Crippen MR) is 86.1 cm³/mol. The fourth-order valence-electron chi connectivity index (χ4n) is 2.44. The summed E-state index contributed by atoms with van der Waals surface area (Å²) in [5, 5.41) is 2.75. The molecule has 1 N–H and O–H groups in total. The van der Waals surface area contributed by atoms with Crippen LogP contribution in [0.15, 0.2) is 42.5 Å². The summed E-state index contributed by atoms with van der Waals surface area (Å²) in [4.78, 5) is 12.0. The topological polar surface area (TPSA) is 56.8 Å². The van der Waals surface area contributed by atoms with Crippen LogP contribution in [0.1, 0.15) is 24.1 Å². The normalized spacial score (nSPS) is 14.0. The summed E-state index contributed by atoms with van der Waals surface area (Å²) in [6.45, 7) is 1.66. The molecule has 1 aliphatic heterocycles. The highest BCUT2D eigenvalue weighted by Gasteiger charge is 2.30. The van der Waals surface area contributed by atoms with Crippen molar-refractivity contribution in [3.05, 3.63) is 53.6 Å². The van der Waals surface area contributed by atoms with Crippen LogP contribution in [0.3, 0.4) is 0 Å². The van der Waals surface area contributed by atoms with Crippen LogP contribution in [-0.2, 0) is 11.0 Å². The average molecular weight is 367 g/mol. The largest absolute Gasteiger partial charge is 0.484 e. The monoisotopic (exact) mass is 367 g/mol. The van der Waals surface area contributed by atoms with Gasteiger partial charge in [-0.15, -0.1) is 0 Å². The Kier molecular flexibility index (Phi) is 4.92. The first-order valence-electron chi connectivity index (χ1n) is 7.82. The molecule has 0 fully saturated rings. The summed E-state index contributed by atoms with van der Waals surface area (Å²) in [5.41, 5.74) is 0.0582. The van der Waals surface area contributed by atoms with E-state index >= 15 is 0 Å². The Labute approximate surface area is 147 Å². The molecule has 2 aromatic rings. The van der Waals surface area contributed by atoms with E-state index in [0.717, 1.165) is 17.7 Å². The summed E-state index contributed by atoms with van der Waals surface area (Å²) in [7, 11) is 0. The van der Waals surface area contributed by atoms with Gasteiger partial charge >= 0.3 is 6.18 Å². The van der Waals surface area contributed by atoms with Gasteiger partial charge in [0.15, 0.2) is 18.1 Å². The zero-order chi connectivity index (χ0) is 18.7. The Morgan fingerprint density at radius 1 is 1.15 bits per heavy atom. The molecule has 1 aliphatic rings. The van der Waals surface area contributed by atoms with E-state index in [1.807, 2.05) is 6.07 Å². The molecule has 138 valence electrons. The summed E-state index contributed by atoms with van der Waals surface area (Å²) in [5.74, 6) is 1.06. The number of hydrogen-bond donors (Lipinski definition) is 1. The molecule has 0 unspecified atom stereocenters. The minimum Gasteiger partial charge on any atom is -0.484 e. The first kappa shape index (κ1) is 17.9. The van der Waals surface area contributed by atoms with E-state index < -0.39 is 17.6 Å². The Hall–Kier alpha value is -2.90. The van der Waals surface area contributed by atoms with Crippen molar-refractivity contribution < 1.29 is 32.2 Å². The van der Waals surface area contributed by atoms with E-state index in [1.54, 1.807) is 19.1 Å². The van der Waals surface area contributed by atoms with Crippen LogP contribution in [0.2, 0.25) is 0 Å². The molecule has 8 heteroatoms. The van der Waals surface area contributed by atoms with Gasteiger partial charge in [-0.05, 0) is 48.9 Å². The molecule has 0 aliphatic carbocycles. The Morgan fingerprint density at radius 3 is 2.54 bits per heavy atom. The van der Waals surface area contributed by atoms with Crippen molar-refractivity contribution in [3.63, 3.8) is 0 Å². The third-order valence-electron chi connectivity index (χ3n) is 3.83. The fraction of sp³-hybridized carbons (Fsp3) is 0.278. The zero-order valence-corrected chi connectivity index (χ0v) is 13.8. The fourth-order valence-corrected chi connectivity index (χ4v) is 2.44. The SMILES string of the molecule is C[C@@H](NC(=O)COc1ccc(C(F)(F)F)cc1)c1ccc2c(c1)OCO2. The molecule has 0 spiro atoms. The van der Waals surface area contributed by atoms with Crippen LogP contribution >= 0.6 is 0 Å². The molecule has 1 heterocycles. The van der Waals surface area contributed by atoms with Gasteiger partial charge in [-0.25, -0.2) is 0 Å². The molecule has 0 saturated heterocycles. The quantitative estimate of drug-likeness (QED) is 0.876. The van der Waals surface area contributed by atoms with Crippen molar-refractivity contribution in [1.29, 1.82) is 0 Å². The Balaban J connectivity index is 1.52. The minimum atomic E-state index is -4.41. The molecule has 3 rings (SSSR count). The lowest BCUT2D eigenvalue weighted by atomic mass is 10.1. The van der Waals surface area contributed by atoms with Gasteiger partial charge in [-0.1, -0.05) is 6.07 Å². The van der Waals surface area contributed by atoms with Gasteiger partial charge in [0, 0.05) is 0 Å². The second-order valence-electron chi connectivity index (χ2n) is 5.71. The number of rotatable bonds is 5. The van der Waals surface area contributed by atoms with E-state index in [4.69, 9.17) is 14.2 Å². The number of nitrogens with one attached hydrogen (secondary N) is 1. The Bertz CT molecular complexity index is 790. The van der Waals surface area contributed by atoms with E-state index in [1.165, 1.54) is 12.1 Å². The lowest BCUT2D eigenvalue weighted by Crippen LogP contribution is -2.31. The van der Waals surface area contributed by atoms with E-state index in [9.17, 15) is 18.0 Å². The number of alkyl halides is 3. The van der Waals surface area contributed by atoms with Crippen LogP contribution in [0.5, 0.6) is 17.2 Å². The van der Waals surface area contributed by atoms with Gasteiger partial charge in [-0.3, -0.25) is 4.79 Å². The number of amides is 1. The van der Waals surface area contributed by atoms with Gasteiger partial charge in [0.05, 0.1) is 11.6 Å². The summed E-state index contributed by atoms with van der Waals surface area (Å²) >= 11 is 0. The number of benzene rings is 2. The molecule has 1 amide bonds. The summed E-state index contributed by atoms with van der Waals surface area (Å²) in [6, 6.07) is 9.23. The van der Waals surface area contributed by atoms with E-state index in [-0.39, 0.29) is 25.2 Å². The first-order valence-corrected chi connectivity index (χ1v) is 7.82. The molecular weight excluding hydrogens is 351 g/mol. The molecule has 0 bridgehead atoms. The molecule has 1 atom stereocenters. The molecule has 0 aromatic heterocycles. The number of halogens is 3. The maximum absolute atomic E-state index is 12.5. The Morgan fingerprint density at radius 2 is 1.85 bits per heavy atom. The highest BCUT2D eigenvalue weighted by atomic mass is 19.4. The molecule has 0 saturated carbocycles. The second kappa shape index (κ2) is 7.15. The molecule has 5 nitrogen and oxygen atoms in total. The maximum atomic E-state index is 12.5.